The lowest BCUT2D eigenvalue weighted by Gasteiger charge is -2.13. The van der Waals surface area contributed by atoms with Crippen molar-refractivity contribution in [3.63, 3.8) is 0 Å². The largest absolute Gasteiger partial charge is 0.378 e. The van der Waals surface area contributed by atoms with Crippen molar-refractivity contribution in [3.8, 4) is 0 Å². The second-order valence-corrected chi connectivity index (χ2v) is 4.26. The van der Waals surface area contributed by atoms with Crippen molar-refractivity contribution in [1.82, 2.24) is 0 Å². The van der Waals surface area contributed by atoms with Gasteiger partial charge in [-0.2, -0.15) is 0 Å². The molecule has 0 aliphatic carbocycles. The van der Waals surface area contributed by atoms with Crippen LogP contribution in [-0.2, 0) is 9.53 Å². The second kappa shape index (κ2) is 6.18. The van der Waals surface area contributed by atoms with Crippen molar-refractivity contribution in [2.75, 3.05) is 6.61 Å². The van der Waals surface area contributed by atoms with E-state index in [9.17, 15) is 4.79 Å². The van der Waals surface area contributed by atoms with Gasteiger partial charge in [-0.1, -0.05) is 26.7 Å². The van der Waals surface area contributed by atoms with Gasteiger partial charge >= 0.3 is 0 Å². The quantitative estimate of drug-likeness (QED) is 0.656. The molecule has 1 rings (SSSR count). The van der Waals surface area contributed by atoms with Crippen LogP contribution in [0.15, 0.2) is 0 Å². The average Bonchev–Trinajstić information content (AvgIpc) is 2.66. The Balaban J connectivity index is 2.20. The SMILES string of the molecule is CCC(CC)CC(=O)CC1CCCO1. The maximum atomic E-state index is 11.6. The zero-order chi connectivity index (χ0) is 10.4. The van der Waals surface area contributed by atoms with Crippen molar-refractivity contribution >= 4 is 5.78 Å². The summed E-state index contributed by atoms with van der Waals surface area (Å²) in [4.78, 5) is 11.6. The van der Waals surface area contributed by atoms with E-state index in [1.807, 2.05) is 0 Å². The molecular weight excluding hydrogens is 176 g/mol. The van der Waals surface area contributed by atoms with E-state index in [0.717, 1.165) is 38.7 Å². The van der Waals surface area contributed by atoms with Crippen LogP contribution in [0.25, 0.3) is 0 Å². The summed E-state index contributed by atoms with van der Waals surface area (Å²) >= 11 is 0. The molecule has 0 bridgehead atoms. The Morgan fingerprint density at radius 3 is 2.64 bits per heavy atom. The minimum atomic E-state index is 0.233. The van der Waals surface area contributed by atoms with Crippen LogP contribution in [0.1, 0.15) is 52.4 Å². The molecule has 1 fully saturated rings. The van der Waals surface area contributed by atoms with Crippen LogP contribution < -0.4 is 0 Å². The third-order valence-corrected chi connectivity index (χ3v) is 3.15. The molecule has 1 saturated heterocycles. The zero-order valence-electron chi connectivity index (χ0n) is 9.42. The summed E-state index contributed by atoms with van der Waals surface area (Å²) in [5, 5.41) is 0. The summed E-state index contributed by atoms with van der Waals surface area (Å²) in [6, 6.07) is 0. The van der Waals surface area contributed by atoms with E-state index in [0.29, 0.717) is 18.1 Å². The van der Waals surface area contributed by atoms with E-state index in [2.05, 4.69) is 13.8 Å². The van der Waals surface area contributed by atoms with Gasteiger partial charge in [-0.15, -0.1) is 0 Å². The van der Waals surface area contributed by atoms with Crippen LogP contribution in [-0.4, -0.2) is 18.5 Å². The number of carbonyl (C=O) groups excluding carboxylic acids is 1. The molecule has 0 spiro atoms. The molecule has 1 atom stereocenters. The van der Waals surface area contributed by atoms with Crippen molar-refractivity contribution in [1.29, 1.82) is 0 Å². The molecule has 0 saturated carbocycles. The Bertz CT molecular complexity index is 161. The Labute approximate surface area is 87.0 Å². The molecule has 82 valence electrons. The van der Waals surface area contributed by atoms with E-state index >= 15 is 0 Å². The van der Waals surface area contributed by atoms with Gasteiger partial charge in [0, 0.05) is 19.4 Å². The topological polar surface area (TPSA) is 26.3 Å². The maximum absolute atomic E-state index is 11.6. The molecule has 2 heteroatoms. The monoisotopic (exact) mass is 198 g/mol. The molecule has 2 nitrogen and oxygen atoms in total. The predicted octanol–water partition coefficient (Wildman–Crippen LogP) is 2.95. The Morgan fingerprint density at radius 1 is 1.43 bits per heavy atom. The number of ether oxygens (including phenoxy) is 1. The molecular formula is C12H22O2. The van der Waals surface area contributed by atoms with Crippen LogP contribution in [0, 0.1) is 5.92 Å². The van der Waals surface area contributed by atoms with E-state index in [-0.39, 0.29) is 6.10 Å². The Kier molecular flexibility index (Phi) is 5.16. The molecule has 1 aliphatic heterocycles. The van der Waals surface area contributed by atoms with Gasteiger partial charge in [-0.25, -0.2) is 0 Å². The number of hydrogen-bond acceptors (Lipinski definition) is 2. The van der Waals surface area contributed by atoms with Gasteiger partial charge in [0.2, 0.25) is 0 Å². The summed E-state index contributed by atoms with van der Waals surface area (Å²) in [5.41, 5.74) is 0. The van der Waals surface area contributed by atoms with Gasteiger partial charge in [0.25, 0.3) is 0 Å². The molecule has 1 unspecified atom stereocenters. The van der Waals surface area contributed by atoms with E-state index in [1.165, 1.54) is 0 Å². The number of hydrogen-bond donors (Lipinski definition) is 0. The first-order valence-corrected chi connectivity index (χ1v) is 5.89. The van der Waals surface area contributed by atoms with E-state index in [1.54, 1.807) is 0 Å². The third kappa shape index (κ3) is 3.79. The van der Waals surface area contributed by atoms with Crippen molar-refractivity contribution < 1.29 is 9.53 Å². The molecule has 0 aromatic heterocycles. The van der Waals surface area contributed by atoms with Crippen molar-refractivity contribution in [2.24, 2.45) is 5.92 Å². The fourth-order valence-corrected chi connectivity index (χ4v) is 2.04. The molecule has 0 amide bonds. The molecule has 1 heterocycles. The molecule has 14 heavy (non-hydrogen) atoms. The maximum Gasteiger partial charge on any atom is 0.135 e. The van der Waals surface area contributed by atoms with Gasteiger partial charge in [0.15, 0.2) is 0 Å². The van der Waals surface area contributed by atoms with Gasteiger partial charge in [-0.3, -0.25) is 4.79 Å². The lowest BCUT2D eigenvalue weighted by atomic mass is 9.94. The highest BCUT2D eigenvalue weighted by Gasteiger charge is 2.20. The molecule has 0 aromatic rings. The first-order valence-electron chi connectivity index (χ1n) is 5.89. The van der Waals surface area contributed by atoms with Gasteiger partial charge in [-0.05, 0) is 18.8 Å². The molecule has 0 N–H and O–H groups in total. The van der Waals surface area contributed by atoms with Gasteiger partial charge in [0.05, 0.1) is 6.10 Å². The third-order valence-electron chi connectivity index (χ3n) is 3.15. The highest BCUT2D eigenvalue weighted by molar-refractivity contribution is 5.79. The lowest BCUT2D eigenvalue weighted by molar-refractivity contribution is -0.122. The second-order valence-electron chi connectivity index (χ2n) is 4.26. The molecule has 0 radical (unpaired) electrons. The fraction of sp³-hybridized carbons (Fsp3) is 0.917. The van der Waals surface area contributed by atoms with Crippen LogP contribution >= 0.6 is 0 Å². The number of Topliss-reactive ketones (excluding diaryl/α,β-unsaturated/α-hetero) is 1. The highest BCUT2D eigenvalue weighted by Crippen LogP contribution is 2.19. The van der Waals surface area contributed by atoms with Crippen LogP contribution in [0.4, 0.5) is 0 Å². The fourth-order valence-electron chi connectivity index (χ4n) is 2.04. The summed E-state index contributed by atoms with van der Waals surface area (Å²) in [5.74, 6) is 0.981. The minimum absolute atomic E-state index is 0.233. The van der Waals surface area contributed by atoms with Crippen molar-refractivity contribution in [3.05, 3.63) is 0 Å². The number of rotatable bonds is 6. The normalized spacial score (nSPS) is 21.8. The first kappa shape index (κ1) is 11.7. The van der Waals surface area contributed by atoms with Gasteiger partial charge < -0.3 is 4.74 Å². The van der Waals surface area contributed by atoms with Crippen LogP contribution in [0.3, 0.4) is 0 Å². The van der Waals surface area contributed by atoms with Crippen LogP contribution in [0.5, 0.6) is 0 Å². The summed E-state index contributed by atoms with van der Waals surface area (Å²) in [7, 11) is 0. The zero-order valence-corrected chi connectivity index (χ0v) is 9.42. The average molecular weight is 198 g/mol. The van der Waals surface area contributed by atoms with Crippen LogP contribution in [0.2, 0.25) is 0 Å². The Morgan fingerprint density at radius 2 is 2.14 bits per heavy atom. The lowest BCUT2D eigenvalue weighted by Crippen LogP contribution is -2.15. The summed E-state index contributed by atoms with van der Waals surface area (Å²) in [6.45, 7) is 5.17. The summed E-state index contributed by atoms with van der Waals surface area (Å²) in [6.07, 6.45) is 6.08. The first-order chi connectivity index (χ1) is 6.76. The van der Waals surface area contributed by atoms with E-state index in [4.69, 9.17) is 4.74 Å². The van der Waals surface area contributed by atoms with E-state index < -0.39 is 0 Å². The van der Waals surface area contributed by atoms with Crippen molar-refractivity contribution in [2.45, 2.75) is 58.5 Å². The summed E-state index contributed by atoms with van der Waals surface area (Å²) < 4.78 is 5.45. The highest BCUT2D eigenvalue weighted by atomic mass is 16.5. The smallest absolute Gasteiger partial charge is 0.135 e. The molecule has 1 aliphatic rings. The number of carbonyl (C=O) groups is 1. The standard InChI is InChI=1S/C12H22O2/c1-3-10(4-2)8-11(13)9-12-6-5-7-14-12/h10,12H,3-9H2,1-2H3. The predicted molar refractivity (Wildman–Crippen MR) is 57.3 cm³/mol. The number of ketones is 1. The minimum Gasteiger partial charge on any atom is -0.378 e. The Hall–Kier alpha value is -0.370. The van der Waals surface area contributed by atoms with Gasteiger partial charge in [0.1, 0.15) is 5.78 Å². The molecule has 0 aromatic carbocycles.